The predicted octanol–water partition coefficient (Wildman–Crippen LogP) is 1.56. The Balaban J connectivity index is 2.79. The van der Waals surface area contributed by atoms with Crippen LogP contribution >= 0.6 is 0 Å². The van der Waals surface area contributed by atoms with Gasteiger partial charge in [-0.25, -0.2) is 4.98 Å². The van der Waals surface area contributed by atoms with Gasteiger partial charge < -0.3 is 0 Å². The number of carbonyl (C=O) groups excluding carboxylic acids is 1. The van der Waals surface area contributed by atoms with Crippen LogP contribution in [0.4, 0.5) is 19.0 Å². The van der Waals surface area contributed by atoms with Crippen molar-refractivity contribution in [3.05, 3.63) is 23.9 Å². The highest BCUT2D eigenvalue weighted by molar-refractivity contribution is 5.74. The molecule has 0 spiro atoms. The molecule has 0 bridgehead atoms. The van der Waals surface area contributed by atoms with Crippen molar-refractivity contribution in [3.8, 4) is 0 Å². The first-order chi connectivity index (χ1) is 6.89. The van der Waals surface area contributed by atoms with Crippen LogP contribution in [0.1, 0.15) is 12.5 Å². The first kappa shape index (κ1) is 11.3. The van der Waals surface area contributed by atoms with Crippen LogP contribution in [-0.4, -0.2) is 10.9 Å². The molecule has 0 atom stereocenters. The molecule has 0 aliphatic carbocycles. The van der Waals surface area contributed by atoms with E-state index in [1.54, 1.807) is 0 Å². The fourth-order valence-electron chi connectivity index (χ4n) is 0.827. The fourth-order valence-corrected chi connectivity index (χ4v) is 0.827. The largest absolute Gasteiger partial charge is 0.416 e. The lowest BCUT2D eigenvalue weighted by atomic mass is 10.2. The molecule has 0 radical (unpaired) electrons. The zero-order chi connectivity index (χ0) is 11.5. The maximum absolute atomic E-state index is 12.2. The van der Waals surface area contributed by atoms with Gasteiger partial charge in [-0.3, -0.25) is 15.6 Å². The summed E-state index contributed by atoms with van der Waals surface area (Å²) in [6.07, 6.45) is -3.41. The number of aromatic nitrogens is 1. The fraction of sp³-hybridized carbons (Fsp3) is 0.250. The molecule has 0 saturated carbocycles. The topological polar surface area (TPSA) is 54.0 Å². The van der Waals surface area contributed by atoms with Crippen LogP contribution in [0.3, 0.4) is 0 Å². The summed E-state index contributed by atoms with van der Waals surface area (Å²) in [7, 11) is 0. The van der Waals surface area contributed by atoms with Gasteiger partial charge in [0.15, 0.2) is 0 Å². The number of anilines is 1. The molecule has 0 unspecified atom stereocenters. The number of amides is 1. The molecule has 0 aliphatic rings. The van der Waals surface area contributed by atoms with Gasteiger partial charge in [0, 0.05) is 13.1 Å². The second kappa shape index (κ2) is 4.16. The number of nitrogens with zero attached hydrogens (tertiary/aromatic N) is 1. The third-order valence-corrected chi connectivity index (χ3v) is 1.45. The van der Waals surface area contributed by atoms with Crippen LogP contribution in [0, 0.1) is 0 Å². The zero-order valence-electron chi connectivity index (χ0n) is 7.72. The van der Waals surface area contributed by atoms with E-state index in [2.05, 4.69) is 15.8 Å². The molecule has 0 saturated heterocycles. The van der Waals surface area contributed by atoms with Gasteiger partial charge >= 0.3 is 6.18 Å². The minimum absolute atomic E-state index is 0.0694. The summed E-state index contributed by atoms with van der Waals surface area (Å²) >= 11 is 0. The molecule has 0 aliphatic heterocycles. The van der Waals surface area contributed by atoms with Gasteiger partial charge in [-0.15, -0.1) is 0 Å². The third-order valence-electron chi connectivity index (χ3n) is 1.45. The summed E-state index contributed by atoms with van der Waals surface area (Å²) in [5, 5.41) is 0. The van der Waals surface area contributed by atoms with E-state index in [0.29, 0.717) is 0 Å². The van der Waals surface area contributed by atoms with Crippen molar-refractivity contribution in [2.24, 2.45) is 0 Å². The van der Waals surface area contributed by atoms with E-state index < -0.39 is 17.6 Å². The van der Waals surface area contributed by atoms with E-state index in [0.717, 1.165) is 18.3 Å². The highest BCUT2D eigenvalue weighted by atomic mass is 19.4. The summed E-state index contributed by atoms with van der Waals surface area (Å²) in [6.45, 7) is 1.22. The number of rotatable bonds is 2. The average Bonchev–Trinajstić information content (AvgIpc) is 2.14. The molecule has 1 rings (SSSR count). The lowest BCUT2D eigenvalue weighted by molar-refractivity contribution is -0.137. The zero-order valence-corrected chi connectivity index (χ0v) is 7.72. The molecule has 2 N–H and O–H groups in total. The summed E-state index contributed by atoms with van der Waals surface area (Å²) in [5.41, 5.74) is 3.54. The van der Waals surface area contributed by atoms with E-state index in [1.165, 1.54) is 6.92 Å². The highest BCUT2D eigenvalue weighted by Crippen LogP contribution is 2.29. The first-order valence-electron chi connectivity index (χ1n) is 3.95. The number of alkyl halides is 3. The van der Waals surface area contributed by atoms with Gasteiger partial charge in [0.05, 0.1) is 5.56 Å². The molecule has 0 aromatic carbocycles. The molecule has 7 heteroatoms. The van der Waals surface area contributed by atoms with Crippen LogP contribution < -0.4 is 10.9 Å². The van der Waals surface area contributed by atoms with Gasteiger partial charge in [-0.1, -0.05) is 0 Å². The second-order valence-corrected chi connectivity index (χ2v) is 2.73. The number of carbonyl (C=O) groups is 1. The molecule has 1 aromatic rings. The van der Waals surface area contributed by atoms with Crippen molar-refractivity contribution in [1.29, 1.82) is 0 Å². The Bertz CT molecular complexity index is 364. The van der Waals surface area contributed by atoms with Crippen LogP contribution in [0.15, 0.2) is 18.3 Å². The summed E-state index contributed by atoms with van der Waals surface area (Å²) < 4.78 is 36.7. The van der Waals surface area contributed by atoms with Crippen molar-refractivity contribution in [2.45, 2.75) is 13.1 Å². The molecule has 1 amide bonds. The molecule has 0 fully saturated rings. The maximum atomic E-state index is 12.2. The number of pyridine rings is 1. The van der Waals surface area contributed by atoms with Crippen LogP contribution in [0.25, 0.3) is 0 Å². The standard InChI is InChI=1S/C8H8F3N3O/c1-5(15)13-14-7-4-6(2-3-12-7)8(9,10)11/h2-4H,1H3,(H,12,14)(H,13,15). The Morgan fingerprint density at radius 2 is 2.13 bits per heavy atom. The third kappa shape index (κ3) is 3.45. The average molecular weight is 219 g/mol. The van der Waals surface area contributed by atoms with Gasteiger partial charge in [0.1, 0.15) is 5.82 Å². The van der Waals surface area contributed by atoms with Gasteiger partial charge in [-0.05, 0) is 12.1 Å². The molecular weight excluding hydrogens is 211 g/mol. The number of halogens is 3. The van der Waals surface area contributed by atoms with Crippen molar-refractivity contribution >= 4 is 11.7 Å². The molecular formula is C8H8F3N3O. The SMILES string of the molecule is CC(=O)NNc1cc(C(F)(F)F)ccn1. The van der Waals surface area contributed by atoms with Crippen LogP contribution in [0.2, 0.25) is 0 Å². The molecule has 82 valence electrons. The van der Waals surface area contributed by atoms with E-state index in [-0.39, 0.29) is 5.82 Å². The predicted molar refractivity (Wildman–Crippen MR) is 46.7 cm³/mol. The summed E-state index contributed by atoms with van der Waals surface area (Å²) in [6, 6.07) is 1.65. The minimum atomic E-state index is -4.42. The van der Waals surface area contributed by atoms with Crippen molar-refractivity contribution in [2.75, 3.05) is 5.43 Å². The molecule has 1 aromatic heterocycles. The van der Waals surface area contributed by atoms with E-state index in [1.807, 2.05) is 0 Å². The van der Waals surface area contributed by atoms with Crippen LogP contribution in [-0.2, 0) is 11.0 Å². The summed E-state index contributed by atoms with van der Waals surface area (Å²) in [5.74, 6) is -0.491. The van der Waals surface area contributed by atoms with Gasteiger partial charge in [0.25, 0.3) is 0 Å². The Kier molecular flexibility index (Phi) is 3.13. The summed E-state index contributed by atoms with van der Waals surface area (Å²) in [4.78, 5) is 14.1. The van der Waals surface area contributed by atoms with E-state index in [4.69, 9.17) is 0 Å². The normalized spacial score (nSPS) is 10.9. The molecule has 4 nitrogen and oxygen atoms in total. The Labute approximate surface area is 83.5 Å². The number of hydrogen-bond donors (Lipinski definition) is 2. The van der Waals surface area contributed by atoms with Gasteiger partial charge in [0.2, 0.25) is 5.91 Å². The smallest absolute Gasteiger partial charge is 0.282 e. The van der Waals surface area contributed by atoms with Crippen LogP contribution in [0.5, 0.6) is 0 Å². The van der Waals surface area contributed by atoms with Gasteiger partial charge in [-0.2, -0.15) is 13.2 Å². The van der Waals surface area contributed by atoms with Crippen molar-refractivity contribution < 1.29 is 18.0 Å². The maximum Gasteiger partial charge on any atom is 0.416 e. The first-order valence-corrected chi connectivity index (χ1v) is 3.95. The Morgan fingerprint density at radius 3 is 2.67 bits per heavy atom. The Hall–Kier alpha value is -1.79. The number of hydrazine groups is 1. The number of hydrogen-bond acceptors (Lipinski definition) is 3. The molecule has 1 heterocycles. The monoisotopic (exact) mass is 219 g/mol. The highest BCUT2D eigenvalue weighted by Gasteiger charge is 2.30. The quantitative estimate of drug-likeness (QED) is 0.742. The minimum Gasteiger partial charge on any atom is -0.282 e. The van der Waals surface area contributed by atoms with E-state index in [9.17, 15) is 18.0 Å². The Morgan fingerprint density at radius 1 is 1.47 bits per heavy atom. The lowest BCUT2D eigenvalue weighted by Gasteiger charge is -2.09. The van der Waals surface area contributed by atoms with E-state index >= 15 is 0 Å². The number of nitrogens with one attached hydrogen (secondary N) is 2. The second-order valence-electron chi connectivity index (χ2n) is 2.73. The molecule has 15 heavy (non-hydrogen) atoms. The van der Waals surface area contributed by atoms with Crippen molar-refractivity contribution in [1.82, 2.24) is 10.4 Å². The van der Waals surface area contributed by atoms with Crippen molar-refractivity contribution in [3.63, 3.8) is 0 Å². The lowest BCUT2D eigenvalue weighted by Crippen LogP contribution is -2.27.